The number of morpholine rings is 1. The van der Waals surface area contributed by atoms with Gasteiger partial charge in [0.1, 0.15) is 29.9 Å². The highest BCUT2D eigenvalue weighted by molar-refractivity contribution is 6.12. The summed E-state index contributed by atoms with van der Waals surface area (Å²) in [5.41, 5.74) is 4.46. The van der Waals surface area contributed by atoms with Gasteiger partial charge in [0, 0.05) is 36.1 Å². The highest BCUT2D eigenvalue weighted by Gasteiger charge is 2.74. The van der Waals surface area contributed by atoms with Crippen molar-refractivity contribution in [1.29, 1.82) is 0 Å². The van der Waals surface area contributed by atoms with Crippen molar-refractivity contribution in [1.82, 2.24) is 15.2 Å². The normalized spacial score (nSPS) is 24.3. The third kappa shape index (κ3) is 7.14. The van der Waals surface area contributed by atoms with Gasteiger partial charge in [-0.3, -0.25) is 24.3 Å². The zero-order chi connectivity index (χ0) is 41.1. The highest BCUT2D eigenvalue weighted by atomic mass is 16.6. The molecule has 9 rings (SSSR count). The predicted molar refractivity (Wildman–Crippen MR) is 226 cm³/mol. The second-order valence-corrected chi connectivity index (χ2v) is 15.7. The number of nitrogens with one attached hydrogen (secondary N) is 2. The van der Waals surface area contributed by atoms with Crippen molar-refractivity contribution < 1.29 is 29.0 Å². The van der Waals surface area contributed by atoms with Crippen molar-refractivity contribution in [3.05, 3.63) is 173 Å². The van der Waals surface area contributed by atoms with Crippen molar-refractivity contribution in [2.75, 3.05) is 25.1 Å². The molecule has 0 unspecified atom stereocenters. The van der Waals surface area contributed by atoms with Gasteiger partial charge in [0.2, 0.25) is 11.8 Å². The van der Waals surface area contributed by atoms with Gasteiger partial charge < -0.3 is 25.2 Å². The first kappa shape index (κ1) is 38.9. The van der Waals surface area contributed by atoms with Crippen LogP contribution in [-0.2, 0) is 31.0 Å². The molecule has 3 aliphatic heterocycles. The number of ether oxygens (including phenoxy) is 2. The number of benzene rings is 4. The number of hydrogen-bond acceptors (Lipinski definition) is 8. The van der Waals surface area contributed by atoms with E-state index >= 15 is 14.4 Å². The highest BCUT2D eigenvalue weighted by Crippen LogP contribution is 2.64. The summed E-state index contributed by atoms with van der Waals surface area (Å²) in [4.78, 5) is 52.3. The van der Waals surface area contributed by atoms with Gasteiger partial charge in [-0.05, 0) is 96.0 Å². The molecule has 4 heterocycles. The number of aromatic nitrogens is 1. The molecule has 5 aromatic rings. The third-order valence-electron chi connectivity index (χ3n) is 12.2. The maximum atomic E-state index is 15.4. The minimum Gasteiger partial charge on any atom is -0.491 e. The van der Waals surface area contributed by atoms with E-state index in [-0.39, 0.29) is 19.8 Å². The molecule has 0 radical (unpaired) electrons. The van der Waals surface area contributed by atoms with Crippen molar-refractivity contribution in [3.63, 3.8) is 0 Å². The average Bonchev–Trinajstić information content (AvgIpc) is 3.77. The Bertz CT molecular complexity index is 2470. The summed E-state index contributed by atoms with van der Waals surface area (Å²) in [5.74, 6) is 4.62. The van der Waals surface area contributed by atoms with E-state index in [9.17, 15) is 5.11 Å². The third-order valence-corrected chi connectivity index (χ3v) is 12.2. The largest absolute Gasteiger partial charge is 0.491 e. The quantitative estimate of drug-likeness (QED) is 0.103. The van der Waals surface area contributed by atoms with Crippen molar-refractivity contribution in [2.24, 2.45) is 5.92 Å². The fourth-order valence-corrected chi connectivity index (χ4v) is 9.65. The zero-order valence-electron chi connectivity index (χ0n) is 33.1. The number of carbonyl (C=O) groups is 3. The number of amides is 2. The molecule has 2 amide bonds. The minimum absolute atomic E-state index is 0.110. The van der Waals surface area contributed by atoms with E-state index in [0.717, 1.165) is 48.1 Å². The van der Waals surface area contributed by atoms with Crippen LogP contribution in [0, 0.1) is 17.8 Å². The van der Waals surface area contributed by atoms with E-state index in [4.69, 9.17) is 9.47 Å². The van der Waals surface area contributed by atoms with Crippen LogP contribution >= 0.6 is 0 Å². The number of hydrogen-bond donors (Lipinski definition) is 3. The molecular weight excluding hydrogens is 753 g/mol. The second-order valence-electron chi connectivity index (χ2n) is 15.7. The molecule has 0 saturated carbocycles. The van der Waals surface area contributed by atoms with E-state index in [2.05, 4.69) is 38.4 Å². The maximum absolute atomic E-state index is 15.4. The van der Waals surface area contributed by atoms with Gasteiger partial charge in [-0.25, -0.2) is 0 Å². The standard InChI is InChI=1S/C50H46N4O6/c55-30-31-59-39-24-22-37(23-25-39)46-50(40-32-34(21-26-41(40)53-49(50)58)20-19-33-12-4-1-5-13-33)42(47(56)52-29-27-38-18-10-11-28-51-38)44-48(57)60-45(36-16-8-3-9-17-36)43(54(44)46)35-14-6-2-7-15-35/h2-3,6-12,14-18,21-26,28,32,42-46,55H,1,4-5,13,27,29-31H2,(H,52,56)(H,53,58)/t42-,43-,44-,45+,46+,50-/m0/s1. The Morgan fingerprint density at radius 2 is 1.65 bits per heavy atom. The number of aliphatic hydroxyl groups is 1. The summed E-state index contributed by atoms with van der Waals surface area (Å²) in [5, 5.41) is 15.8. The van der Waals surface area contributed by atoms with Crippen LogP contribution in [0.3, 0.4) is 0 Å². The van der Waals surface area contributed by atoms with Gasteiger partial charge in [0.25, 0.3) is 0 Å². The molecule has 10 heteroatoms. The molecule has 4 aromatic carbocycles. The first-order valence-corrected chi connectivity index (χ1v) is 20.7. The Morgan fingerprint density at radius 3 is 2.37 bits per heavy atom. The fraction of sp³-hybridized carbons (Fsp3) is 0.280. The number of esters is 1. The Balaban J connectivity index is 1.27. The topological polar surface area (TPSA) is 130 Å². The van der Waals surface area contributed by atoms with E-state index in [1.54, 1.807) is 18.3 Å². The van der Waals surface area contributed by atoms with Crippen molar-refractivity contribution >= 4 is 23.5 Å². The van der Waals surface area contributed by atoms with Gasteiger partial charge in [-0.2, -0.15) is 0 Å². The summed E-state index contributed by atoms with van der Waals surface area (Å²) in [6, 6.07) is 35.5. The summed E-state index contributed by atoms with van der Waals surface area (Å²) >= 11 is 0. The molecule has 2 fully saturated rings. The average molecular weight is 799 g/mol. The predicted octanol–water partition coefficient (Wildman–Crippen LogP) is 6.93. The lowest BCUT2D eigenvalue weighted by Crippen LogP contribution is -2.55. The number of pyridine rings is 1. The lowest BCUT2D eigenvalue weighted by Gasteiger charge is -2.46. The lowest BCUT2D eigenvalue weighted by molar-refractivity contribution is -0.178. The van der Waals surface area contributed by atoms with Gasteiger partial charge in [-0.15, -0.1) is 0 Å². The van der Waals surface area contributed by atoms with Crippen LogP contribution in [0.2, 0.25) is 0 Å². The number of fused-ring (bicyclic) bond motifs is 3. The van der Waals surface area contributed by atoms with E-state index < -0.39 is 53.3 Å². The molecule has 60 heavy (non-hydrogen) atoms. The number of nitrogens with zero attached hydrogens (tertiary/aromatic N) is 2. The molecule has 2 saturated heterocycles. The number of anilines is 1. The summed E-state index contributed by atoms with van der Waals surface area (Å²) in [6.07, 6.45) is 7.74. The van der Waals surface area contributed by atoms with Crippen molar-refractivity contribution in [3.8, 4) is 17.6 Å². The molecule has 6 atom stereocenters. The summed E-state index contributed by atoms with van der Waals surface area (Å²) in [6.45, 7) is 0.190. The number of aliphatic hydroxyl groups excluding tert-OH is 1. The first-order chi connectivity index (χ1) is 29.5. The SMILES string of the molecule is O=C1O[C@H](c2ccccc2)[C@H](c2ccccc2)N2[C@H]1[C@@H](C(=O)NCCc1ccccn1)[C@]1(C(=O)Nc3ccc(C#CC4=CCCCC4)cc31)[C@H]2c1ccc(OCCO)cc1. The number of carbonyl (C=O) groups excluding carboxylic acids is 3. The van der Waals surface area contributed by atoms with Crippen LogP contribution in [0.4, 0.5) is 5.69 Å². The second kappa shape index (κ2) is 17.0. The molecule has 1 aromatic heterocycles. The summed E-state index contributed by atoms with van der Waals surface area (Å²) < 4.78 is 12.3. The molecule has 10 nitrogen and oxygen atoms in total. The van der Waals surface area contributed by atoms with Crippen LogP contribution < -0.4 is 15.4 Å². The number of allylic oxidation sites excluding steroid dienone is 2. The van der Waals surface area contributed by atoms with Crippen LogP contribution in [0.1, 0.15) is 77.4 Å². The molecule has 0 bridgehead atoms. The molecule has 4 aliphatic rings. The molecule has 1 aliphatic carbocycles. The smallest absolute Gasteiger partial charge is 0.324 e. The van der Waals surface area contributed by atoms with Crippen LogP contribution in [-0.4, -0.2) is 58.6 Å². The van der Waals surface area contributed by atoms with E-state index in [1.165, 1.54) is 0 Å². The molecule has 3 N–H and O–H groups in total. The van der Waals surface area contributed by atoms with Gasteiger partial charge in [0.05, 0.1) is 24.6 Å². The Hall–Kier alpha value is -6.54. The number of rotatable bonds is 10. The molecular formula is C50H46N4O6. The lowest BCUT2D eigenvalue weighted by atomic mass is 9.65. The van der Waals surface area contributed by atoms with Crippen LogP contribution in [0.25, 0.3) is 0 Å². The van der Waals surface area contributed by atoms with Gasteiger partial charge in [-0.1, -0.05) is 96.8 Å². The Labute approximate surface area is 349 Å². The molecule has 1 spiro atoms. The fourth-order valence-electron chi connectivity index (χ4n) is 9.65. The first-order valence-electron chi connectivity index (χ1n) is 20.7. The van der Waals surface area contributed by atoms with Gasteiger partial charge in [0.15, 0.2) is 0 Å². The Morgan fingerprint density at radius 1 is 0.883 bits per heavy atom. The monoisotopic (exact) mass is 798 g/mol. The van der Waals surface area contributed by atoms with E-state index in [1.807, 2.05) is 109 Å². The number of cyclic esters (lactones) is 1. The zero-order valence-corrected chi connectivity index (χ0v) is 33.1. The minimum atomic E-state index is -1.64. The summed E-state index contributed by atoms with van der Waals surface area (Å²) in [7, 11) is 0. The van der Waals surface area contributed by atoms with E-state index in [0.29, 0.717) is 34.5 Å². The van der Waals surface area contributed by atoms with Crippen LogP contribution in [0.15, 0.2) is 139 Å². The maximum Gasteiger partial charge on any atom is 0.324 e. The molecule has 302 valence electrons. The Kier molecular flexibility index (Phi) is 11.0. The van der Waals surface area contributed by atoms with Crippen molar-refractivity contribution in [2.45, 2.75) is 61.7 Å². The van der Waals surface area contributed by atoms with Gasteiger partial charge >= 0.3 is 5.97 Å². The van der Waals surface area contributed by atoms with Crippen LogP contribution in [0.5, 0.6) is 5.75 Å².